The highest BCUT2D eigenvalue weighted by Crippen LogP contribution is 2.32. The van der Waals surface area contributed by atoms with Crippen molar-refractivity contribution in [1.29, 1.82) is 0 Å². The molecule has 18 heavy (non-hydrogen) atoms. The summed E-state index contributed by atoms with van der Waals surface area (Å²) in [5.41, 5.74) is 0. The minimum absolute atomic E-state index is 0.256. The van der Waals surface area contributed by atoms with Gasteiger partial charge in [0.05, 0.1) is 0 Å². The standard InChI is InChI=1S/C15H28N2O/c1-3-8-16-9-4-14(5-10-16)15-6-11-17(12-7-15)13(2)18/h14-15H,3-12H2,1-2H3. The van der Waals surface area contributed by atoms with Gasteiger partial charge in [0.15, 0.2) is 0 Å². The number of carbonyl (C=O) groups excluding carboxylic acids is 1. The maximum absolute atomic E-state index is 11.3. The van der Waals surface area contributed by atoms with Gasteiger partial charge in [0.25, 0.3) is 0 Å². The first kappa shape index (κ1) is 13.9. The topological polar surface area (TPSA) is 23.6 Å². The smallest absolute Gasteiger partial charge is 0.219 e. The van der Waals surface area contributed by atoms with Crippen molar-refractivity contribution in [2.75, 3.05) is 32.7 Å². The predicted molar refractivity (Wildman–Crippen MR) is 74.4 cm³/mol. The number of carbonyl (C=O) groups is 1. The molecule has 1 amide bonds. The van der Waals surface area contributed by atoms with Crippen molar-refractivity contribution in [2.45, 2.75) is 46.0 Å². The Balaban J connectivity index is 1.73. The van der Waals surface area contributed by atoms with Crippen molar-refractivity contribution in [1.82, 2.24) is 9.80 Å². The maximum Gasteiger partial charge on any atom is 0.219 e. The molecule has 0 atom stereocenters. The van der Waals surface area contributed by atoms with Crippen molar-refractivity contribution in [3.05, 3.63) is 0 Å². The minimum atomic E-state index is 0.256. The molecule has 2 heterocycles. The van der Waals surface area contributed by atoms with E-state index >= 15 is 0 Å². The summed E-state index contributed by atoms with van der Waals surface area (Å²) < 4.78 is 0. The molecule has 0 saturated carbocycles. The molecule has 2 saturated heterocycles. The molecule has 2 aliphatic rings. The number of nitrogens with zero attached hydrogens (tertiary/aromatic N) is 2. The van der Waals surface area contributed by atoms with E-state index in [-0.39, 0.29) is 5.91 Å². The van der Waals surface area contributed by atoms with Crippen LogP contribution in [-0.2, 0) is 4.79 Å². The second-order valence-corrected chi connectivity index (χ2v) is 6.02. The maximum atomic E-state index is 11.3. The molecule has 0 unspecified atom stereocenters. The van der Waals surface area contributed by atoms with Crippen LogP contribution in [0.4, 0.5) is 0 Å². The first-order valence-corrected chi connectivity index (χ1v) is 7.68. The third-order valence-electron chi connectivity index (χ3n) is 4.82. The molecule has 0 aromatic heterocycles. The van der Waals surface area contributed by atoms with E-state index in [0.29, 0.717) is 0 Å². The van der Waals surface area contributed by atoms with Crippen molar-refractivity contribution in [2.24, 2.45) is 11.8 Å². The molecule has 2 aliphatic heterocycles. The van der Waals surface area contributed by atoms with Gasteiger partial charge in [-0.3, -0.25) is 4.79 Å². The summed E-state index contributed by atoms with van der Waals surface area (Å²) in [6.45, 7) is 9.82. The lowest BCUT2D eigenvalue weighted by molar-refractivity contribution is -0.130. The molecule has 0 bridgehead atoms. The molecule has 0 aliphatic carbocycles. The van der Waals surface area contributed by atoms with Crippen LogP contribution in [0.15, 0.2) is 0 Å². The van der Waals surface area contributed by atoms with E-state index < -0.39 is 0 Å². The molecule has 0 N–H and O–H groups in total. The highest BCUT2D eigenvalue weighted by Gasteiger charge is 2.29. The number of rotatable bonds is 3. The fourth-order valence-electron chi connectivity index (χ4n) is 3.65. The molecule has 3 nitrogen and oxygen atoms in total. The van der Waals surface area contributed by atoms with Crippen LogP contribution in [0.1, 0.15) is 46.0 Å². The number of hydrogen-bond acceptors (Lipinski definition) is 2. The average Bonchev–Trinajstić information content (AvgIpc) is 2.40. The molecule has 2 fully saturated rings. The third-order valence-corrected chi connectivity index (χ3v) is 4.82. The normalized spacial score (nSPS) is 24.4. The monoisotopic (exact) mass is 252 g/mol. The number of hydrogen-bond donors (Lipinski definition) is 0. The molecule has 2 rings (SSSR count). The van der Waals surface area contributed by atoms with Gasteiger partial charge in [-0.05, 0) is 63.6 Å². The van der Waals surface area contributed by atoms with Gasteiger partial charge < -0.3 is 9.80 Å². The van der Waals surface area contributed by atoms with E-state index in [1.54, 1.807) is 6.92 Å². The highest BCUT2D eigenvalue weighted by atomic mass is 16.2. The van der Waals surface area contributed by atoms with Gasteiger partial charge in [-0.1, -0.05) is 6.92 Å². The van der Waals surface area contributed by atoms with E-state index in [1.165, 1.54) is 51.7 Å². The van der Waals surface area contributed by atoms with Gasteiger partial charge in [-0.2, -0.15) is 0 Å². The zero-order chi connectivity index (χ0) is 13.0. The van der Waals surface area contributed by atoms with Crippen LogP contribution in [0.3, 0.4) is 0 Å². The van der Waals surface area contributed by atoms with E-state index in [0.717, 1.165) is 24.9 Å². The lowest BCUT2D eigenvalue weighted by atomic mass is 9.79. The van der Waals surface area contributed by atoms with Crippen molar-refractivity contribution in [3.63, 3.8) is 0 Å². The Morgan fingerprint density at radius 3 is 1.94 bits per heavy atom. The van der Waals surface area contributed by atoms with E-state index in [2.05, 4.69) is 11.8 Å². The highest BCUT2D eigenvalue weighted by molar-refractivity contribution is 5.73. The van der Waals surface area contributed by atoms with Crippen molar-refractivity contribution < 1.29 is 4.79 Å². The second-order valence-electron chi connectivity index (χ2n) is 6.02. The summed E-state index contributed by atoms with van der Waals surface area (Å²) in [7, 11) is 0. The quantitative estimate of drug-likeness (QED) is 0.770. The molecular formula is C15H28N2O. The largest absolute Gasteiger partial charge is 0.343 e. The molecule has 0 spiro atoms. The van der Waals surface area contributed by atoms with E-state index in [1.807, 2.05) is 4.90 Å². The molecular weight excluding hydrogens is 224 g/mol. The molecule has 3 heteroatoms. The first-order chi connectivity index (χ1) is 8.70. The van der Waals surface area contributed by atoms with Crippen molar-refractivity contribution >= 4 is 5.91 Å². The summed E-state index contributed by atoms with van der Waals surface area (Å²) in [5, 5.41) is 0. The lowest BCUT2D eigenvalue weighted by Crippen LogP contribution is -2.42. The van der Waals surface area contributed by atoms with Crippen LogP contribution < -0.4 is 0 Å². The summed E-state index contributed by atoms with van der Waals surface area (Å²) >= 11 is 0. The number of piperidine rings is 2. The van der Waals surface area contributed by atoms with Gasteiger partial charge in [-0.15, -0.1) is 0 Å². The van der Waals surface area contributed by atoms with Gasteiger partial charge in [0.2, 0.25) is 5.91 Å². The molecule has 104 valence electrons. The van der Waals surface area contributed by atoms with Crippen LogP contribution in [0.2, 0.25) is 0 Å². The van der Waals surface area contributed by atoms with Crippen LogP contribution in [0, 0.1) is 11.8 Å². The zero-order valence-electron chi connectivity index (χ0n) is 12.0. The molecule has 0 radical (unpaired) electrons. The Kier molecular flexibility index (Phi) is 5.04. The summed E-state index contributed by atoms with van der Waals surface area (Å²) in [5.74, 6) is 2.06. The van der Waals surface area contributed by atoms with Gasteiger partial charge >= 0.3 is 0 Å². The lowest BCUT2D eigenvalue weighted by Gasteiger charge is -2.40. The fraction of sp³-hybridized carbons (Fsp3) is 0.933. The Morgan fingerprint density at radius 2 is 1.50 bits per heavy atom. The van der Waals surface area contributed by atoms with Crippen LogP contribution >= 0.6 is 0 Å². The number of amides is 1. The Bertz CT molecular complexity index is 264. The van der Waals surface area contributed by atoms with Gasteiger partial charge in [-0.25, -0.2) is 0 Å². The summed E-state index contributed by atoms with van der Waals surface area (Å²) in [6.07, 6.45) is 6.51. The SMILES string of the molecule is CCCN1CCC(C2CCN(C(C)=O)CC2)CC1. The predicted octanol–water partition coefficient (Wildman–Crippen LogP) is 2.37. The summed E-state index contributed by atoms with van der Waals surface area (Å²) in [4.78, 5) is 15.9. The Labute approximate surface area is 112 Å². The second kappa shape index (κ2) is 6.55. The van der Waals surface area contributed by atoms with Gasteiger partial charge in [0, 0.05) is 20.0 Å². The summed E-state index contributed by atoms with van der Waals surface area (Å²) in [6, 6.07) is 0. The van der Waals surface area contributed by atoms with Crippen LogP contribution in [0.25, 0.3) is 0 Å². The van der Waals surface area contributed by atoms with Crippen molar-refractivity contribution in [3.8, 4) is 0 Å². The average molecular weight is 252 g/mol. The van der Waals surface area contributed by atoms with Crippen LogP contribution in [-0.4, -0.2) is 48.4 Å². The van der Waals surface area contributed by atoms with E-state index in [4.69, 9.17) is 0 Å². The molecule has 0 aromatic carbocycles. The minimum Gasteiger partial charge on any atom is -0.343 e. The van der Waals surface area contributed by atoms with Crippen LogP contribution in [0.5, 0.6) is 0 Å². The fourth-order valence-corrected chi connectivity index (χ4v) is 3.65. The Hall–Kier alpha value is -0.570. The van der Waals surface area contributed by atoms with Gasteiger partial charge in [0.1, 0.15) is 0 Å². The number of likely N-dealkylation sites (tertiary alicyclic amines) is 2. The van der Waals surface area contributed by atoms with E-state index in [9.17, 15) is 4.79 Å². The Morgan fingerprint density at radius 1 is 1.00 bits per heavy atom. The zero-order valence-corrected chi connectivity index (χ0v) is 12.0. The molecule has 0 aromatic rings. The first-order valence-electron chi connectivity index (χ1n) is 7.68. The third kappa shape index (κ3) is 3.47.